The van der Waals surface area contributed by atoms with Crippen LogP contribution in [0.25, 0.3) is 0 Å². The van der Waals surface area contributed by atoms with Crippen LogP contribution in [0.15, 0.2) is 12.3 Å². The summed E-state index contributed by atoms with van der Waals surface area (Å²) in [6.07, 6.45) is 3.48. The molecule has 1 atom stereocenters. The molecule has 1 aromatic rings. The summed E-state index contributed by atoms with van der Waals surface area (Å²) in [6, 6.07) is 1.84. The van der Waals surface area contributed by atoms with Crippen molar-refractivity contribution in [3.63, 3.8) is 0 Å². The molecule has 0 aromatic carbocycles. The van der Waals surface area contributed by atoms with Crippen molar-refractivity contribution in [3.05, 3.63) is 28.5 Å². The highest BCUT2D eigenvalue weighted by molar-refractivity contribution is 6.31. The van der Waals surface area contributed by atoms with Crippen LogP contribution in [-0.4, -0.2) is 24.8 Å². The zero-order valence-electron chi connectivity index (χ0n) is 8.33. The summed E-state index contributed by atoms with van der Waals surface area (Å²) in [5.74, 6) is 0. The maximum Gasteiger partial charge on any atom is 0.136 e. The molecule has 1 fully saturated rings. The van der Waals surface area contributed by atoms with Crippen molar-refractivity contribution in [2.45, 2.75) is 18.4 Å². The van der Waals surface area contributed by atoms with Gasteiger partial charge in [0.2, 0.25) is 0 Å². The van der Waals surface area contributed by atoms with Crippen molar-refractivity contribution < 1.29 is 9.47 Å². The van der Waals surface area contributed by atoms with E-state index in [9.17, 15) is 0 Å². The van der Waals surface area contributed by atoms with Crippen LogP contribution in [0.1, 0.15) is 17.7 Å². The molecule has 0 N–H and O–H groups in total. The number of fused-ring (bicyclic) bond motifs is 2. The first-order valence-corrected chi connectivity index (χ1v) is 5.55. The molecule has 1 aromatic heterocycles. The SMILES string of the molecule is Clc1ccnc2c1CCOC21CCOC1. The molecule has 3 rings (SSSR count). The zero-order chi connectivity index (χ0) is 10.3. The van der Waals surface area contributed by atoms with Crippen LogP contribution in [0.5, 0.6) is 0 Å². The van der Waals surface area contributed by atoms with Gasteiger partial charge in [-0.2, -0.15) is 0 Å². The van der Waals surface area contributed by atoms with Crippen LogP contribution >= 0.6 is 11.6 Å². The predicted octanol–water partition coefficient (Wildman–Crippen LogP) is 1.92. The molecule has 3 heterocycles. The number of hydrogen-bond donors (Lipinski definition) is 0. The molecule has 3 nitrogen and oxygen atoms in total. The third-order valence-corrected chi connectivity index (χ3v) is 3.50. The largest absolute Gasteiger partial charge is 0.378 e. The Morgan fingerprint density at radius 3 is 3.13 bits per heavy atom. The Balaban J connectivity index is 2.14. The van der Waals surface area contributed by atoms with E-state index in [1.165, 1.54) is 0 Å². The summed E-state index contributed by atoms with van der Waals surface area (Å²) in [6.45, 7) is 2.06. The van der Waals surface area contributed by atoms with E-state index in [0.717, 1.165) is 35.7 Å². The molecule has 1 saturated heterocycles. The Kier molecular flexibility index (Phi) is 2.20. The summed E-state index contributed by atoms with van der Waals surface area (Å²) in [4.78, 5) is 4.43. The molecule has 1 spiro atoms. The van der Waals surface area contributed by atoms with Crippen LogP contribution in [0.2, 0.25) is 5.02 Å². The molecule has 80 valence electrons. The molecular weight excluding hydrogens is 214 g/mol. The third kappa shape index (κ3) is 1.38. The lowest BCUT2D eigenvalue weighted by Gasteiger charge is -2.33. The quantitative estimate of drug-likeness (QED) is 0.676. The first kappa shape index (κ1) is 9.58. The Morgan fingerprint density at radius 2 is 2.33 bits per heavy atom. The Morgan fingerprint density at radius 1 is 1.40 bits per heavy atom. The molecule has 0 amide bonds. The van der Waals surface area contributed by atoms with Crippen LogP contribution in [0.4, 0.5) is 0 Å². The number of hydrogen-bond acceptors (Lipinski definition) is 3. The van der Waals surface area contributed by atoms with Gasteiger partial charge in [-0.25, -0.2) is 0 Å². The van der Waals surface area contributed by atoms with Gasteiger partial charge in [0.05, 0.1) is 18.9 Å². The molecule has 0 aliphatic carbocycles. The van der Waals surface area contributed by atoms with Gasteiger partial charge in [0.15, 0.2) is 0 Å². The second kappa shape index (κ2) is 3.44. The summed E-state index contributed by atoms with van der Waals surface area (Å²) < 4.78 is 11.3. The molecule has 2 aliphatic rings. The molecule has 0 radical (unpaired) electrons. The Hall–Kier alpha value is -0.640. The van der Waals surface area contributed by atoms with E-state index in [1.54, 1.807) is 6.20 Å². The maximum absolute atomic E-state index is 6.17. The molecule has 15 heavy (non-hydrogen) atoms. The van der Waals surface area contributed by atoms with Gasteiger partial charge < -0.3 is 9.47 Å². The first-order valence-electron chi connectivity index (χ1n) is 5.17. The third-order valence-electron chi connectivity index (χ3n) is 3.15. The lowest BCUT2D eigenvalue weighted by atomic mass is 9.90. The molecule has 1 unspecified atom stereocenters. The molecule has 0 saturated carbocycles. The highest BCUT2D eigenvalue weighted by Crippen LogP contribution is 2.40. The van der Waals surface area contributed by atoms with Crippen LogP contribution < -0.4 is 0 Å². The van der Waals surface area contributed by atoms with E-state index < -0.39 is 0 Å². The zero-order valence-corrected chi connectivity index (χ0v) is 9.09. The monoisotopic (exact) mass is 225 g/mol. The molecule has 4 heteroatoms. The van der Waals surface area contributed by atoms with E-state index in [1.807, 2.05) is 6.07 Å². The van der Waals surface area contributed by atoms with E-state index in [-0.39, 0.29) is 5.60 Å². The van der Waals surface area contributed by atoms with Gasteiger partial charge >= 0.3 is 0 Å². The molecule has 2 aliphatic heterocycles. The van der Waals surface area contributed by atoms with Crippen molar-refractivity contribution >= 4 is 11.6 Å². The summed E-state index contributed by atoms with van der Waals surface area (Å²) in [5, 5.41) is 0.801. The average Bonchev–Trinajstić information content (AvgIpc) is 2.70. The highest BCUT2D eigenvalue weighted by atomic mass is 35.5. The van der Waals surface area contributed by atoms with E-state index in [0.29, 0.717) is 13.2 Å². The topological polar surface area (TPSA) is 31.4 Å². The second-order valence-corrected chi connectivity index (χ2v) is 4.42. The minimum absolute atomic E-state index is 0.321. The minimum atomic E-state index is -0.321. The number of aromatic nitrogens is 1. The average molecular weight is 226 g/mol. The van der Waals surface area contributed by atoms with Crippen LogP contribution in [-0.2, 0) is 21.5 Å². The van der Waals surface area contributed by atoms with Gasteiger partial charge in [-0.3, -0.25) is 4.98 Å². The van der Waals surface area contributed by atoms with Gasteiger partial charge in [-0.15, -0.1) is 0 Å². The van der Waals surface area contributed by atoms with E-state index in [4.69, 9.17) is 21.1 Å². The number of nitrogens with zero attached hydrogens (tertiary/aromatic N) is 1. The van der Waals surface area contributed by atoms with Gasteiger partial charge in [0.25, 0.3) is 0 Å². The lowest BCUT2D eigenvalue weighted by Crippen LogP contribution is -2.37. The van der Waals surface area contributed by atoms with Crippen LogP contribution in [0.3, 0.4) is 0 Å². The second-order valence-electron chi connectivity index (χ2n) is 4.02. The van der Waals surface area contributed by atoms with E-state index >= 15 is 0 Å². The maximum atomic E-state index is 6.17. The normalized spacial score (nSPS) is 29.4. The fourth-order valence-electron chi connectivity index (χ4n) is 2.36. The Labute approximate surface area is 93.4 Å². The van der Waals surface area contributed by atoms with Gasteiger partial charge in [0, 0.05) is 24.2 Å². The summed E-state index contributed by atoms with van der Waals surface area (Å²) >= 11 is 6.17. The highest BCUT2D eigenvalue weighted by Gasteiger charge is 2.43. The van der Waals surface area contributed by atoms with E-state index in [2.05, 4.69) is 4.98 Å². The standard InChI is InChI=1S/C11H12ClNO2/c12-9-1-4-13-10-8(9)2-5-15-11(10)3-6-14-7-11/h1,4H,2-3,5-7H2. The van der Waals surface area contributed by atoms with Gasteiger partial charge in [-0.05, 0) is 18.1 Å². The summed E-state index contributed by atoms with van der Waals surface area (Å²) in [7, 11) is 0. The van der Waals surface area contributed by atoms with Crippen molar-refractivity contribution in [1.29, 1.82) is 0 Å². The predicted molar refractivity (Wildman–Crippen MR) is 56.0 cm³/mol. The minimum Gasteiger partial charge on any atom is -0.378 e. The number of halogens is 1. The summed E-state index contributed by atoms with van der Waals surface area (Å²) in [5.41, 5.74) is 1.80. The lowest BCUT2D eigenvalue weighted by molar-refractivity contribution is -0.0665. The van der Waals surface area contributed by atoms with Crippen molar-refractivity contribution in [3.8, 4) is 0 Å². The molecular formula is C11H12ClNO2. The van der Waals surface area contributed by atoms with Gasteiger partial charge in [0.1, 0.15) is 5.60 Å². The fraction of sp³-hybridized carbons (Fsp3) is 0.545. The number of pyridine rings is 1. The Bertz CT molecular complexity index is 388. The number of ether oxygens (including phenoxy) is 2. The van der Waals surface area contributed by atoms with Gasteiger partial charge in [-0.1, -0.05) is 11.6 Å². The smallest absolute Gasteiger partial charge is 0.136 e. The number of rotatable bonds is 0. The van der Waals surface area contributed by atoms with Crippen LogP contribution in [0, 0.1) is 0 Å². The van der Waals surface area contributed by atoms with Crippen molar-refractivity contribution in [2.24, 2.45) is 0 Å². The first-order chi connectivity index (χ1) is 7.32. The van der Waals surface area contributed by atoms with Crippen molar-refractivity contribution in [1.82, 2.24) is 4.98 Å². The van der Waals surface area contributed by atoms with Crippen molar-refractivity contribution in [2.75, 3.05) is 19.8 Å². The fourth-order valence-corrected chi connectivity index (χ4v) is 2.60. The molecule has 0 bridgehead atoms.